The maximum absolute atomic E-state index is 12.3. The zero-order valence-corrected chi connectivity index (χ0v) is 13.7. The fraction of sp³-hybridized carbons (Fsp3) is 0.588. The van der Waals surface area contributed by atoms with Crippen molar-refractivity contribution in [3.63, 3.8) is 0 Å². The summed E-state index contributed by atoms with van der Waals surface area (Å²) < 4.78 is 16.1. The summed E-state index contributed by atoms with van der Waals surface area (Å²) >= 11 is 0. The van der Waals surface area contributed by atoms with Crippen LogP contribution in [0.25, 0.3) is 0 Å². The van der Waals surface area contributed by atoms with Crippen LogP contribution in [0.3, 0.4) is 0 Å². The van der Waals surface area contributed by atoms with E-state index in [2.05, 4.69) is 6.92 Å². The number of carbonyl (C=O) groups excluding carboxylic acids is 1. The average Bonchev–Trinajstić information content (AvgIpc) is 2.49. The number of benzene rings is 1. The maximum atomic E-state index is 12.3. The van der Waals surface area contributed by atoms with Gasteiger partial charge in [0, 0.05) is 5.56 Å². The van der Waals surface area contributed by atoms with Crippen LogP contribution in [-0.4, -0.2) is 26.8 Å². The third kappa shape index (κ3) is 4.38. The Bertz CT molecular complexity index is 468. The van der Waals surface area contributed by atoms with Crippen molar-refractivity contribution in [3.8, 4) is 11.5 Å². The number of unbranched alkanes of at least 4 members (excludes halogenated alkanes) is 1. The first-order chi connectivity index (χ1) is 10.1. The molecule has 0 spiro atoms. The predicted octanol–water partition coefficient (Wildman–Crippen LogP) is 3.85. The second-order valence-electron chi connectivity index (χ2n) is 5.05. The highest BCUT2D eigenvalue weighted by Crippen LogP contribution is 2.35. The lowest BCUT2D eigenvalue weighted by atomic mass is 9.94. The van der Waals surface area contributed by atoms with Crippen LogP contribution < -0.4 is 9.47 Å². The molecule has 4 nitrogen and oxygen atoms in total. The van der Waals surface area contributed by atoms with Gasteiger partial charge in [-0.05, 0) is 37.5 Å². The predicted molar refractivity (Wildman–Crippen MR) is 83.2 cm³/mol. The third-order valence-electron chi connectivity index (χ3n) is 3.56. The van der Waals surface area contributed by atoms with Gasteiger partial charge in [0.25, 0.3) is 0 Å². The third-order valence-corrected chi connectivity index (χ3v) is 3.56. The zero-order chi connectivity index (χ0) is 15.8. The van der Waals surface area contributed by atoms with Gasteiger partial charge in [0.05, 0.1) is 26.7 Å². The van der Waals surface area contributed by atoms with Gasteiger partial charge in [-0.1, -0.05) is 20.3 Å². The van der Waals surface area contributed by atoms with Crippen molar-refractivity contribution >= 4 is 5.97 Å². The molecular formula is C17H26O4. The number of hydrogen-bond donors (Lipinski definition) is 0. The van der Waals surface area contributed by atoms with Gasteiger partial charge < -0.3 is 14.2 Å². The maximum Gasteiger partial charge on any atom is 0.313 e. The number of aryl methyl sites for hydroxylation is 1. The summed E-state index contributed by atoms with van der Waals surface area (Å²) in [7, 11) is 3.24. The topological polar surface area (TPSA) is 44.8 Å². The fourth-order valence-electron chi connectivity index (χ4n) is 2.28. The van der Waals surface area contributed by atoms with Crippen LogP contribution in [0.2, 0.25) is 0 Å². The monoisotopic (exact) mass is 294 g/mol. The molecular weight excluding hydrogens is 268 g/mol. The minimum Gasteiger partial charge on any atom is -0.496 e. The Morgan fingerprint density at radius 2 is 1.81 bits per heavy atom. The summed E-state index contributed by atoms with van der Waals surface area (Å²) in [6.07, 6.45) is 2.55. The standard InChI is InChI=1S/C17H26O4/c1-6-8-9-21-17(18)13(7-2)14-11-15(19-4)12(3)10-16(14)20-5/h10-11,13H,6-9H2,1-5H3. The number of hydrogen-bond acceptors (Lipinski definition) is 4. The molecule has 4 heteroatoms. The smallest absolute Gasteiger partial charge is 0.313 e. The lowest BCUT2D eigenvalue weighted by Crippen LogP contribution is -2.17. The molecule has 0 aromatic heterocycles. The molecule has 0 fully saturated rings. The quantitative estimate of drug-likeness (QED) is 0.539. The number of esters is 1. The van der Waals surface area contributed by atoms with Crippen LogP contribution in [0.5, 0.6) is 11.5 Å². The lowest BCUT2D eigenvalue weighted by Gasteiger charge is -2.19. The van der Waals surface area contributed by atoms with Gasteiger partial charge >= 0.3 is 5.97 Å². The van der Waals surface area contributed by atoms with Crippen molar-refractivity contribution in [2.24, 2.45) is 0 Å². The molecule has 0 amide bonds. The Hall–Kier alpha value is -1.71. The first-order valence-corrected chi connectivity index (χ1v) is 7.48. The summed E-state index contributed by atoms with van der Waals surface area (Å²) in [5.41, 5.74) is 1.80. The molecule has 1 aromatic rings. The Morgan fingerprint density at radius 1 is 1.14 bits per heavy atom. The Kier molecular flexibility index (Phi) is 7.06. The van der Waals surface area contributed by atoms with Gasteiger partial charge in [-0.2, -0.15) is 0 Å². The van der Waals surface area contributed by atoms with Gasteiger partial charge in [0.1, 0.15) is 11.5 Å². The molecule has 0 aliphatic heterocycles. The van der Waals surface area contributed by atoms with Crippen molar-refractivity contribution in [1.29, 1.82) is 0 Å². The molecule has 118 valence electrons. The molecule has 0 heterocycles. The normalized spacial score (nSPS) is 11.9. The van der Waals surface area contributed by atoms with E-state index in [0.29, 0.717) is 18.8 Å². The van der Waals surface area contributed by atoms with Crippen molar-refractivity contribution in [2.45, 2.75) is 46.0 Å². The van der Waals surface area contributed by atoms with Gasteiger partial charge in [-0.3, -0.25) is 4.79 Å². The fourth-order valence-corrected chi connectivity index (χ4v) is 2.28. The molecule has 21 heavy (non-hydrogen) atoms. The van der Waals surface area contributed by atoms with E-state index in [1.807, 2.05) is 26.0 Å². The second-order valence-corrected chi connectivity index (χ2v) is 5.05. The van der Waals surface area contributed by atoms with Crippen molar-refractivity contribution in [1.82, 2.24) is 0 Å². The van der Waals surface area contributed by atoms with Crippen LogP contribution in [0.1, 0.15) is 50.2 Å². The van der Waals surface area contributed by atoms with Gasteiger partial charge in [-0.25, -0.2) is 0 Å². The van der Waals surface area contributed by atoms with E-state index >= 15 is 0 Å². The van der Waals surface area contributed by atoms with E-state index in [-0.39, 0.29) is 11.9 Å². The summed E-state index contributed by atoms with van der Waals surface area (Å²) in [4.78, 5) is 12.3. The minimum atomic E-state index is -0.327. The molecule has 1 rings (SSSR count). The average molecular weight is 294 g/mol. The van der Waals surface area contributed by atoms with E-state index in [9.17, 15) is 4.79 Å². The van der Waals surface area contributed by atoms with Crippen LogP contribution in [0, 0.1) is 6.92 Å². The molecule has 0 saturated carbocycles. The van der Waals surface area contributed by atoms with Crippen molar-refractivity contribution in [3.05, 3.63) is 23.3 Å². The number of rotatable bonds is 8. The lowest BCUT2D eigenvalue weighted by molar-refractivity contribution is -0.145. The molecule has 0 N–H and O–H groups in total. The van der Waals surface area contributed by atoms with Gasteiger partial charge in [0.2, 0.25) is 0 Å². The van der Waals surface area contributed by atoms with Crippen molar-refractivity contribution < 1.29 is 19.0 Å². The molecule has 0 aliphatic rings. The zero-order valence-electron chi connectivity index (χ0n) is 13.7. The van der Waals surface area contributed by atoms with Crippen LogP contribution in [0.15, 0.2) is 12.1 Å². The van der Waals surface area contributed by atoms with E-state index < -0.39 is 0 Å². The summed E-state index contributed by atoms with van der Waals surface area (Å²) in [6, 6.07) is 3.78. The molecule has 1 aromatic carbocycles. The first kappa shape index (κ1) is 17.3. The molecule has 1 atom stereocenters. The van der Waals surface area contributed by atoms with Crippen molar-refractivity contribution in [2.75, 3.05) is 20.8 Å². The highest BCUT2D eigenvalue weighted by Gasteiger charge is 2.25. The van der Waals surface area contributed by atoms with E-state index in [1.54, 1.807) is 14.2 Å². The Balaban J connectivity index is 3.05. The Morgan fingerprint density at radius 3 is 2.33 bits per heavy atom. The second kappa shape index (κ2) is 8.55. The number of carbonyl (C=O) groups is 1. The van der Waals surface area contributed by atoms with E-state index in [1.165, 1.54) is 0 Å². The van der Waals surface area contributed by atoms with Crippen LogP contribution in [-0.2, 0) is 9.53 Å². The molecule has 0 radical (unpaired) electrons. The summed E-state index contributed by atoms with van der Waals surface area (Å²) in [6.45, 7) is 6.46. The van der Waals surface area contributed by atoms with Crippen LogP contribution >= 0.6 is 0 Å². The Labute approximate surface area is 127 Å². The molecule has 0 bridgehead atoms. The number of ether oxygens (including phenoxy) is 3. The molecule has 1 unspecified atom stereocenters. The van der Waals surface area contributed by atoms with Crippen LogP contribution in [0.4, 0.5) is 0 Å². The summed E-state index contributed by atoms with van der Waals surface area (Å²) in [5, 5.41) is 0. The minimum absolute atomic E-state index is 0.199. The highest BCUT2D eigenvalue weighted by atomic mass is 16.5. The van der Waals surface area contributed by atoms with E-state index in [0.717, 1.165) is 29.7 Å². The first-order valence-electron chi connectivity index (χ1n) is 7.48. The van der Waals surface area contributed by atoms with Gasteiger partial charge in [-0.15, -0.1) is 0 Å². The van der Waals surface area contributed by atoms with E-state index in [4.69, 9.17) is 14.2 Å². The number of methoxy groups -OCH3 is 2. The molecule has 0 aliphatic carbocycles. The SMILES string of the molecule is CCCCOC(=O)C(CC)c1cc(OC)c(C)cc1OC. The van der Waals surface area contributed by atoms with Gasteiger partial charge in [0.15, 0.2) is 0 Å². The molecule has 0 saturated heterocycles. The summed E-state index contributed by atoms with van der Waals surface area (Å²) in [5.74, 6) is 0.930. The highest BCUT2D eigenvalue weighted by molar-refractivity contribution is 5.79. The largest absolute Gasteiger partial charge is 0.496 e.